The van der Waals surface area contributed by atoms with Gasteiger partial charge in [0.25, 0.3) is 0 Å². The van der Waals surface area contributed by atoms with E-state index >= 15 is 0 Å². The first-order valence-corrected chi connectivity index (χ1v) is 9.87. The number of hydrogen-bond donors (Lipinski definition) is 1. The topological polar surface area (TPSA) is 55.4 Å². The van der Waals surface area contributed by atoms with Gasteiger partial charge in [-0.2, -0.15) is 0 Å². The fourth-order valence-corrected chi connectivity index (χ4v) is 4.39. The Morgan fingerprint density at radius 1 is 0.929 bits per heavy atom. The molecule has 0 bridgehead atoms. The number of benzene rings is 2. The van der Waals surface area contributed by atoms with Crippen molar-refractivity contribution in [1.82, 2.24) is 5.32 Å². The monoisotopic (exact) mass is 415 g/mol. The molecule has 2 unspecified atom stereocenters. The molecule has 0 spiro atoms. The summed E-state index contributed by atoms with van der Waals surface area (Å²) in [6.07, 6.45) is 1.26. The molecule has 1 aliphatic heterocycles. The van der Waals surface area contributed by atoms with Crippen LogP contribution in [0.25, 0.3) is 0 Å². The van der Waals surface area contributed by atoms with Crippen LogP contribution in [0.15, 0.2) is 53.7 Å². The van der Waals surface area contributed by atoms with E-state index in [1.165, 1.54) is 0 Å². The molecule has 0 saturated heterocycles. The van der Waals surface area contributed by atoms with Crippen LogP contribution in [0.3, 0.4) is 0 Å². The molecular formula is C22H19Cl2NO3. The van der Waals surface area contributed by atoms with Crippen LogP contribution in [0.5, 0.6) is 5.75 Å². The smallest absolute Gasteiger partial charge is 0.225 e. The second kappa shape index (κ2) is 7.61. The van der Waals surface area contributed by atoms with Crippen LogP contribution in [-0.4, -0.2) is 18.8 Å². The molecule has 2 aliphatic rings. The van der Waals surface area contributed by atoms with E-state index in [-0.39, 0.29) is 29.9 Å². The standard InChI is InChI=1S/C22H19Cl2NO3/c1-28-15-5-2-12(3-6-15)16-11-21(27)25-19-9-14(10-20(26)22(16)19)13-4-7-17(23)18(24)8-13/h2-8,14,16H,9-11H2,1H3,(H,25,27). The number of rotatable bonds is 3. The predicted octanol–water partition coefficient (Wildman–Crippen LogP) is 5.01. The number of amides is 1. The Kier molecular flexibility index (Phi) is 5.17. The molecule has 0 radical (unpaired) electrons. The lowest BCUT2D eigenvalue weighted by atomic mass is 9.73. The first-order valence-electron chi connectivity index (χ1n) is 9.11. The van der Waals surface area contributed by atoms with Gasteiger partial charge in [0.05, 0.1) is 17.2 Å². The maximum atomic E-state index is 13.1. The fourth-order valence-electron chi connectivity index (χ4n) is 4.08. The van der Waals surface area contributed by atoms with Crippen LogP contribution in [-0.2, 0) is 9.59 Å². The van der Waals surface area contributed by atoms with E-state index in [1.54, 1.807) is 19.2 Å². The number of carbonyl (C=O) groups is 2. The second-order valence-electron chi connectivity index (χ2n) is 7.17. The van der Waals surface area contributed by atoms with Crippen LogP contribution in [0, 0.1) is 0 Å². The molecule has 1 aliphatic carbocycles. The first-order chi connectivity index (χ1) is 13.5. The van der Waals surface area contributed by atoms with Crippen molar-refractivity contribution < 1.29 is 14.3 Å². The minimum atomic E-state index is -0.225. The summed E-state index contributed by atoms with van der Waals surface area (Å²) in [5, 5.41) is 3.88. The number of hydrogen-bond acceptors (Lipinski definition) is 3. The average Bonchev–Trinajstić information content (AvgIpc) is 2.69. The number of nitrogens with one attached hydrogen (secondary N) is 1. The summed E-state index contributed by atoms with van der Waals surface area (Å²) >= 11 is 12.2. The zero-order valence-electron chi connectivity index (χ0n) is 15.3. The highest BCUT2D eigenvalue weighted by Crippen LogP contribution is 2.43. The van der Waals surface area contributed by atoms with Crippen LogP contribution in [0.2, 0.25) is 10.0 Å². The van der Waals surface area contributed by atoms with E-state index in [0.29, 0.717) is 22.9 Å². The van der Waals surface area contributed by atoms with Crippen molar-refractivity contribution >= 4 is 34.9 Å². The van der Waals surface area contributed by atoms with E-state index in [0.717, 1.165) is 28.1 Å². The number of Topliss-reactive ketones (excluding diaryl/α,β-unsaturated/α-hetero) is 1. The molecule has 6 heteroatoms. The number of carbonyl (C=O) groups excluding carboxylic acids is 2. The van der Waals surface area contributed by atoms with Gasteiger partial charge in [0.1, 0.15) is 5.75 Å². The third kappa shape index (κ3) is 3.54. The Balaban J connectivity index is 1.69. The van der Waals surface area contributed by atoms with Gasteiger partial charge in [0, 0.05) is 30.0 Å². The van der Waals surface area contributed by atoms with Crippen molar-refractivity contribution in [2.24, 2.45) is 0 Å². The van der Waals surface area contributed by atoms with Crippen LogP contribution in [0.4, 0.5) is 0 Å². The number of methoxy groups -OCH3 is 1. The second-order valence-corrected chi connectivity index (χ2v) is 7.99. The molecule has 0 saturated carbocycles. The van der Waals surface area contributed by atoms with Gasteiger partial charge in [-0.05, 0) is 47.7 Å². The summed E-state index contributed by atoms with van der Waals surface area (Å²) in [5.74, 6) is 0.487. The summed E-state index contributed by atoms with van der Waals surface area (Å²) in [6.45, 7) is 0. The van der Waals surface area contributed by atoms with E-state index in [9.17, 15) is 9.59 Å². The summed E-state index contributed by atoms with van der Waals surface area (Å²) < 4.78 is 5.21. The van der Waals surface area contributed by atoms with Gasteiger partial charge in [0.2, 0.25) is 5.91 Å². The van der Waals surface area contributed by atoms with Crippen molar-refractivity contribution in [2.75, 3.05) is 7.11 Å². The lowest BCUT2D eigenvalue weighted by Crippen LogP contribution is -2.38. The third-order valence-corrected chi connectivity index (χ3v) is 6.21. The van der Waals surface area contributed by atoms with Gasteiger partial charge >= 0.3 is 0 Å². The summed E-state index contributed by atoms with van der Waals surface area (Å²) in [7, 11) is 1.61. The van der Waals surface area contributed by atoms with Crippen molar-refractivity contribution in [3.63, 3.8) is 0 Å². The zero-order chi connectivity index (χ0) is 19.8. The Morgan fingerprint density at radius 3 is 2.32 bits per heavy atom. The van der Waals surface area contributed by atoms with Crippen molar-refractivity contribution in [2.45, 2.75) is 31.1 Å². The molecule has 2 aromatic carbocycles. The van der Waals surface area contributed by atoms with Crippen LogP contribution in [0.1, 0.15) is 42.2 Å². The Hall–Kier alpha value is -2.30. The van der Waals surface area contributed by atoms with Gasteiger partial charge in [-0.15, -0.1) is 0 Å². The third-order valence-electron chi connectivity index (χ3n) is 5.47. The van der Waals surface area contributed by atoms with Gasteiger partial charge in [-0.25, -0.2) is 0 Å². The maximum absolute atomic E-state index is 13.1. The molecule has 1 amide bonds. The lowest BCUT2D eigenvalue weighted by molar-refractivity contribution is -0.122. The van der Waals surface area contributed by atoms with Gasteiger partial charge in [0.15, 0.2) is 5.78 Å². The van der Waals surface area contributed by atoms with E-state index in [2.05, 4.69) is 5.32 Å². The average molecular weight is 416 g/mol. The largest absolute Gasteiger partial charge is 0.497 e. The number of ether oxygens (including phenoxy) is 1. The van der Waals surface area contributed by atoms with Gasteiger partial charge in [-0.1, -0.05) is 41.4 Å². The van der Waals surface area contributed by atoms with E-state index < -0.39 is 0 Å². The lowest BCUT2D eigenvalue weighted by Gasteiger charge is -2.34. The molecule has 4 rings (SSSR count). The quantitative estimate of drug-likeness (QED) is 0.766. The van der Waals surface area contributed by atoms with Crippen LogP contribution < -0.4 is 10.1 Å². The van der Waals surface area contributed by atoms with E-state index in [1.807, 2.05) is 30.3 Å². The van der Waals surface area contributed by atoms with Crippen molar-refractivity contribution in [3.8, 4) is 5.75 Å². The molecule has 0 fully saturated rings. The molecular weight excluding hydrogens is 397 g/mol. The first kappa shape index (κ1) is 19.0. The van der Waals surface area contributed by atoms with Gasteiger partial charge in [-0.3, -0.25) is 9.59 Å². The Morgan fingerprint density at radius 2 is 1.64 bits per heavy atom. The molecule has 1 heterocycles. The summed E-state index contributed by atoms with van der Waals surface area (Å²) in [5.41, 5.74) is 3.35. The molecule has 2 aromatic rings. The van der Waals surface area contributed by atoms with Crippen LogP contribution >= 0.6 is 23.2 Å². The molecule has 2 atom stereocenters. The fraction of sp³-hybridized carbons (Fsp3) is 0.273. The predicted molar refractivity (Wildman–Crippen MR) is 109 cm³/mol. The van der Waals surface area contributed by atoms with Crippen molar-refractivity contribution in [1.29, 1.82) is 0 Å². The summed E-state index contributed by atoms with van der Waals surface area (Å²) in [6, 6.07) is 13.0. The summed E-state index contributed by atoms with van der Waals surface area (Å²) in [4.78, 5) is 25.4. The number of halogens is 2. The maximum Gasteiger partial charge on any atom is 0.225 e. The SMILES string of the molecule is COc1ccc(C2CC(=O)NC3=C2C(=O)CC(c2ccc(Cl)c(Cl)c2)C3)cc1. The van der Waals surface area contributed by atoms with Crippen molar-refractivity contribution in [3.05, 3.63) is 74.9 Å². The molecule has 1 N–H and O–H groups in total. The zero-order valence-corrected chi connectivity index (χ0v) is 16.8. The number of ketones is 1. The normalized spacial score (nSPS) is 22.0. The Labute approximate surface area is 173 Å². The molecule has 144 valence electrons. The highest BCUT2D eigenvalue weighted by atomic mass is 35.5. The van der Waals surface area contributed by atoms with Gasteiger partial charge < -0.3 is 10.1 Å². The Bertz CT molecular complexity index is 982. The highest BCUT2D eigenvalue weighted by molar-refractivity contribution is 6.42. The molecule has 4 nitrogen and oxygen atoms in total. The molecule has 0 aromatic heterocycles. The van der Waals surface area contributed by atoms with E-state index in [4.69, 9.17) is 27.9 Å². The number of allylic oxidation sites excluding steroid dienone is 2. The molecule has 28 heavy (non-hydrogen) atoms. The minimum Gasteiger partial charge on any atom is -0.497 e. The minimum absolute atomic E-state index is 0.0315. The highest BCUT2D eigenvalue weighted by Gasteiger charge is 2.38.